The van der Waals surface area contributed by atoms with Crippen LogP contribution in [0.5, 0.6) is 5.75 Å². The van der Waals surface area contributed by atoms with E-state index in [4.69, 9.17) is 9.05 Å². The van der Waals surface area contributed by atoms with Crippen molar-refractivity contribution >= 4 is 13.6 Å². The topological polar surface area (TPSA) is 61.8 Å². The summed E-state index contributed by atoms with van der Waals surface area (Å²) in [7, 11) is -5.57. The van der Waals surface area contributed by atoms with Gasteiger partial charge >= 0.3 is 25.8 Å². The fourth-order valence-corrected chi connectivity index (χ4v) is 4.24. The highest BCUT2D eigenvalue weighted by molar-refractivity contribution is 7.49. The Labute approximate surface area is 159 Å². The molecule has 29 heavy (non-hydrogen) atoms. The summed E-state index contributed by atoms with van der Waals surface area (Å²) in [5.41, 5.74) is -5.78. The first-order valence-corrected chi connectivity index (χ1v) is 9.32. The SMILES string of the molecule is O=C1C(c2ccccc2)OP(=O)(Oc2ccccc2)OC1(C(F)(F)F)C(F)(F)F. The van der Waals surface area contributed by atoms with E-state index in [0.717, 1.165) is 24.3 Å². The maximum atomic E-state index is 13.6. The second-order valence-electron chi connectivity index (χ2n) is 5.88. The van der Waals surface area contributed by atoms with Crippen LogP contribution in [0.1, 0.15) is 11.7 Å². The molecule has 1 fully saturated rings. The Kier molecular flexibility index (Phi) is 5.27. The number of benzene rings is 2. The molecule has 1 heterocycles. The van der Waals surface area contributed by atoms with Crippen molar-refractivity contribution in [1.82, 2.24) is 0 Å². The summed E-state index contributed by atoms with van der Waals surface area (Å²) in [4.78, 5) is 12.4. The van der Waals surface area contributed by atoms with Crippen molar-refractivity contribution in [3.63, 3.8) is 0 Å². The van der Waals surface area contributed by atoms with Gasteiger partial charge in [-0.15, -0.1) is 0 Å². The molecule has 1 aliphatic rings. The Morgan fingerprint density at radius 3 is 1.83 bits per heavy atom. The van der Waals surface area contributed by atoms with Crippen LogP contribution in [0, 0.1) is 0 Å². The molecule has 0 saturated carbocycles. The van der Waals surface area contributed by atoms with Crippen molar-refractivity contribution in [3.05, 3.63) is 66.2 Å². The van der Waals surface area contributed by atoms with Crippen LogP contribution in [0.2, 0.25) is 0 Å². The standard InChI is InChI=1S/C17H11F6O5P/c18-16(19,20)15(17(21,22)23)14(24)13(11-7-3-1-4-8-11)27-29(25,28-15)26-12-9-5-2-6-10-12/h1-10,13H. The summed E-state index contributed by atoms with van der Waals surface area (Å²) in [5, 5.41) is 0. The van der Waals surface area contributed by atoms with Crippen LogP contribution < -0.4 is 4.52 Å². The van der Waals surface area contributed by atoms with Gasteiger partial charge in [0, 0.05) is 0 Å². The average molecular weight is 440 g/mol. The maximum absolute atomic E-state index is 13.6. The second-order valence-corrected chi connectivity index (χ2v) is 7.35. The number of alkyl halides is 6. The zero-order chi connectivity index (χ0) is 21.5. The summed E-state index contributed by atoms with van der Waals surface area (Å²) in [6.07, 6.45) is -15.1. The first kappa shape index (κ1) is 21.4. The van der Waals surface area contributed by atoms with Crippen LogP contribution in [0.3, 0.4) is 0 Å². The lowest BCUT2D eigenvalue weighted by Crippen LogP contribution is -2.66. The van der Waals surface area contributed by atoms with E-state index in [1.165, 1.54) is 36.4 Å². The van der Waals surface area contributed by atoms with Crippen molar-refractivity contribution in [2.24, 2.45) is 0 Å². The summed E-state index contributed by atoms with van der Waals surface area (Å²) >= 11 is 0. The molecule has 1 aliphatic heterocycles. The Morgan fingerprint density at radius 1 is 0.862 bits per heavy atom. The molecule has 0 aliphatic carbocycles. The summed E-state index contributed by atoms with van der Waals surface area (Å²) < 4.78 is 108. The zero-order valence-corrected chi connectivity index (χ0v) is 15.0. The first-order valence-electron chi connectivity index (χ1n) is 7.86. The fourth-order valence-electron chi connectivity index (χ4n) is 2.63. The number of carbonyl (C=O) groups is 1. The van der Waals surface area contributed by atoms with Crippen LogP contribution in [-0.2, 0) is 18.4 Å². The van der Waals surface area contributed by atoms with E-state index in [1.54, 1.807) is 0 Å². The zero-order valence-electron chi connectivity index (χ0n) is 14.1. The number of Topliss-reactive ketones (excluding diaryl/α,β-unsaturated/α-hetero) is 1. The van der Waals surface area contributed by atoms with Gasteiger partial charge in [-0.2, -0.15) is 26.3 Å². The number of carbonyl (C=O) groups excluding carboxylic acids is 1. The van der Waals surface area contributed by atoms with Crippen molar-refractivity contribution < 1.29 is 49.3 Å². The monoisotopic (exact) mass is 440 g/mol. The summed E-state index contributed by atoms with van der Waals surface area (Å²) in [6, 6.07) is 12.4. The van der Waals surface area contributed by atoms with Crippen LogP contribution in [0.25, 0.3) is 0 Å². The van der Waals surface area contributed by atoms with Crippen molar-refractivity contribution in [3.8, 4) is 5.75 Å². The van der Waals surface area contributed by atoms with Gasteiger partial charge in [-0.1, -0.05) is 48.5 Å². The molecule has 1 saturated heterocycles. The van der Waals surface area contributed by atoms with Crippen molar-refractivity contribution in [2.45, 2.75) is 24.1 Å². The van der Waals surface area contributed by atoms with Gasteiger partial charge in [0.15, 0.2) is 6.10 Å². The molecular weight excluding hydrogens is 429 g/mol. The van der Waals surface area contributed by atoms with E-state index in [9.17, 15) is 35.7 Å². The summed E-state index contributed by atoms with van der Waals surface area (Å²) in [5.74, 6) is -2.89. The lowest BCUT2D eigenvalue weighted by atomic mass is 9.89. The number of phosphoric ester groups is 1. The molecule has 0 bridgehead atoms. The van der Waals surface area contributed by atoms with E-state index in [2.05, 4.69) is 4.52 Å². The number of hydrogen-bond acceptors (Lipinski definition) is 5. The molecule has 0 spiro atoms. The third-order valence-corrected chi connectivity index (χ3v) is 5.33. The lowest BCUT2D eigenvalue weighted by molar-refractivity contribution is -0.350. The van der Waals surface area contributed by atoms with Crippen molar-refractivity contribution in [2.75, 3.05) is 0 Å². The predicted octanol–water partition coefficient (Wildman–Crippen LogP) is 5.39. The number of phosphoric acid groups is 1. The van der Waals surface area contributed by atoms with Gasteiger partial charge in [-0.3, -0.25) is 9.32 Å². The number of halogens is 6. The molecule has 0 radical (unpaired) electrons. The molecule has 12 heteroatoms. The minimum atomic E-state index is -6.30. The minimum Gasteiger partial charge on any atom is -0.404 e. The average Bonchev–Trinajstić information content (AvgIpc) is 2.63. The third kappa shape index (κ3) is 3.77. The number of ketones is 1. The van der Waals surface area contributed by atoms with Crippen LogP contribution in [0.4, 0.5) is 26.3 Å². The van der Waals surface area contributed by atoms with E-state index >= 15 is 0 Å². The molecular formula is C17H11F6O5P. The maximum Gasteiger partial charge on any atom is 0.532 e. The number of hydrogen-bond donors (Lipinski definition) is 0. The normalized spacial score (nSPS) is 24.9. The highest BCUT2D eigenvalue weighted by Gasteiger charge is 2.82. The molecule has 156 valence electrons. The van der Waals surface area contributed by atoms with Gasteiger partial charge in [-0.05, 0) is 17.7 Å². The summed E-state index contributed by atoms with van der Waals surface area (Å²) in [6.45, 7) is 0. The molecule has 3 rings (SSSR count). The van der Waals surface area contributed by atoms with E-state index in [1.807, 2.05) is 0 Å². The van der Waals surface area contributed by atoms with E-state index < -0.39 is 37.7 Å². The molecule has 0 aromatic heterocycles. The number of para-hydroxylation sites is 1. The van der Waals surface area contributed by atoms with Crippen molar-refractivity contribution in [1.29, 1.82) is 0 Å². The van der Waals surface area contributed by atoms with Gasteiger partial charge in [0.2, 0.25) is 5.78 Å². The van der Waals surface area contributed by atoms with Gasteiger partial charge < -0.3 is 4.52 Å². The fraction of sp³-hybridized carbons (Fsp3) is 0.235. The van der Waals surface area contributed by atoms with Gasteiger partial charge in [0.1, 0.15) is 5.75 Å². The first-order chi connectivity index (χ1) is 13.4. The Morgan fingerprint density at radius 2 is 1.34 bits per heavy atom. The molecule has 2 unspecified atom stereocenters. The molecule has 2 aromatic rings. The molecule has 5 nitrogen and oxygen atoms in total. The Hall–Kier alpha value is -2.36. The Bertz CT molecular complexity index is 915. The second kappa shape index (κ2) is 7.16. The van der Waals surface area contributed by atoms with Gasteiger partial charge in [0.05, 0.1) is 0 Å². The van der Waals surface area contributed by atoms with E-state index in [0.29, 0.717) is 0 Å². The highest BCUT2D eigenvalue weighted by Crippen LogP contribution is 2.66. The van der Waals surface area contributed by atoms with Gasteiger partial charge in [0.25, 0.3) is 0 Å². The quantitative estimate of drug-likeness (QED) is 0.473. The predicted molar refractivity (Wildman–Crippen MR) is 85.9 cm³/mol. The van der Waals surface area contributed by atoms with Crippen LogP contribution in [0.15, 0.2) is 60.7 Å². The van der Waals surface area contributed by atoms with Crippen LogP contribution >= 0.6 is 7.82 Å². The van der Waals surface area contributed by atoms with Crippen LogP contribution in [-0.4, -0.2) is 23.7 Å². The lowest BCUT2D eigenvalue weighted by Gasteiger charge is -2.42. The van der Waals surface area contributed by atoms with Gasteiger partial charge in [-0.25, -0.2) is 9.09 Å². The van der Waals surface area contributed by atoms with E-state index in [-0.39, 0.29) is 11.3 Å². The molecule has 0 N–H and O–H groups in total. The molecule has 2 aromatic carbocycles. The highest BCUT2D eigenvalue weighted by atomic mass is 31.2. The largest absolute Gasteiger partial charge is 0.532 e. The Balaban J connectivity index is 2.18. The number of rotatable bonds is 3. The third-order valence-electron chi connectivity index (χ3n) is 3.93. The molecule has 2 atom stereocenters. The minimum absolute atomic E-state index is 0.379. The molecule has 0 amide bonds. The smallest absolute Gasteiger partial charge is 0.404 e.